The number of allylic oxidation sites excluding steroid dienone is 4. The van der Waals surface area contributed by atoms with Crippen LogP contribution in [0.1, 0.15) is 112 Å². The van der Waals surface area contributed by atoms with E-state index in [4.69, 9.17) is 0 Å². The van der Waals surface area contributed by atoms with Crippen LogP contribution >= 0.6 is 0 Å². The average molecular weight is 383 g/mol. The lowest BCUT2D eigenvalue weighted by atomic mass is 9.53. The SMILES string of the molecule is CC(C)CCCC(C)C1CCC2C3=C(CCC21C)C1(C)CCC(C)CC1=CC3. The molecule has 6 atom stereocenters. The van der Waals surface area contributed by atoms with Gasteiger partial charge >= 0.3 is 0 Å². The molecule has 0 aliphatic heterocycles. The molecule has 2 saturated carbocycles. The highest BCUT2D eigenvalue weighted by Crippen LogP contribution is 2.65. The van der Waals surface area contributed by atoms with Crippen LogP contribution in [-0.4, -0.2) is 0 Å². The molecule has 2 fully saturated rings. The minimum Gasteiger partial charge on any atom is -0.0804 e. The van der Waals surface area contributed by atoms with Gasteiger partial charge in [0.1, 0.15) is 0 Å². The lowest BCUT2D eigenvalue weighted by Crippen LogP contribution is -2.41. The first-order valence-corrected chi connectivity index (χ1v) is 12.7. The smallest absolute Gasteiger partial charge is 0.00954 e. The third kappa shape index (κ3) is 3.35. The Morgan fingerprint density at radius 1 is 1.04 bits per heavy atom. The second kappa shape index (κ2) is 7.63. The zero-order valence-electron chi connectivity index (χ0n) is 19.7. The fourth-order valence-electron chi connectivity index (χ4n) is 8.13. The Morgan fingerprint density at radius 3 is 2.57 bits per heavy atom. The Bertz CT molecular complexity index is 649. The predicted molar refractivity (Wildman–Crippen MR) is 122 cm³/mol. The molecule has 4 aliphatic rings. The predicted octanol–water partition coefficient (Wildman–Crippen LogP) is 8.73. The maximum atomic E-state index is 2.70. The van der Waals surface area contributed by atoms with Crippen molar-refractivity contribution in [2.75, 3.05) is 0 Å². The van der Waals surface area contributed by atoms with Crippen LogP contribution in [-0.2, 0) is 0 Å². The van der Waals surface area contributed by atoms with E-state index in [9.17, 15) is 0 Å². The molecule has 0 N–H and O–H groups in total. The summed E-state index contributed by atoms with van der Waals surface area (Å²) in [7, 11) is 0. The molecule has 158 valence electrons. The van der Waals surface area contributed by atoms with E-state index in [2.05, 4.69) is 47.6 Å². The van der Waals surface area contributed by atoms with Gasteiger partial charge in [-0.05, 0) is 86.4 Å². The van der Waals surface area contributed by atoms with E-state index >= 15 is 0 Å². The Kier molecular flexibility index (Phi) is 5.65. The molecule has 4 rings (SSSR count). The molecule has 0 nitrogen and oxygen atoms in total. The zero-order chi connectivity index (χ0) is 20.1. The largest absolute Gasteiger partial charge is 0.0804 e. The molecule has 0 aromatic carbocycles. The van der Waals surface area contributed by atoms with Crippen LogP contribution in [0.4, 0.5) is 0 Å². The molecule has 0 spiro atoms. The highest BCUT2D eigenvalue weighted by atomic mass is 14.6. The summed E-state index contributed by atoms with van der Waals surface area (Å²) in [6.45, 7) is 15.1. The highest BCUT2D eigenvalue weighted by molar-refractivity contribution is 5.43. The Balaban J connectivity index is 1.53. The van der Waals surface area contributed by atoms with Crippen molar-refractivity contribution in [2.45, 2.75) is 112 Å². The molecule has 0 aromatic rings. The fraction of sp³-hybridized carbons (Fsp3) is 0.857. The molecule has 0 saturated heterocycles. The first kappa shape index (κ1) is 20.7. The normalized spacial score (nSPS) is 41.4. The summed E-state index contributed by atoms with van der Waals surface area (Å²) >= 11 is 0. The molecule has 0 heteroatoms. The van der Waals surface area contributed by atoms with E-state index in [0.29, 0.717) is 10.8 Å². The highest BCUT2D eigenvalue weighted by Gasteiger charge is 2.54. The number of hydrogen-bond donors (Lipinski definition) is 0. The van der Waals surface area contributed by atoms with Gasteiger partial charge in [0, 0.05) is 5.41 Å². The van der Waals surface area contributed by atoms with Gasteiger partial charge in [0.15, 0.2) is 0 Å². The maximum absolute atomic E-state index is 2.70. The molecule has 0 bridgehead atoms. The van der Waals surface area contributed by atoms with E-state index in [1.54, 1.807) is 0 Å². The van der Waals surface area contributed by atoms with E-state index < -0.39 is 0 Å². The zero-order valence-corrected chi connectivity index (χ0v) is 19.7. The van der Waals surface area contributed by atoms with Crippen molar-refractivity contribution in [1.29, 1.82) is 0 Å². The number of fused-ring (bicyclic) bond motifs is 4. The summed E-state index contributed by atoms with van der Waals surface area (Å²) in [5, 5.41) is 0. The second-order valence-electron chi connectivity index (χ2n) is 12.2. The average Bonchev–Trinajstić information content (AvgIpc) is 2.99. The Hall–Kier alpha value is -0.520. The summed E-state index contributed by atoms with van der Waals surface area (Å²) in [4.78, 5) is 0. The molecular weight excluding hydrogens is 336 g/mol. The van der Waals surface area contributed by atoms with Crippen molar-refractivity contribution in [1.82, 2.24) is 0 Å². The summed E-state index contributed by atoms with van der Waals surface area (Å²) in [6.07, 6.45) is 18.3. The van der Waals surface area contributed by atoms with E-state index in [1.807, 2.05) is 16.7 Å². The van der Waals surface area contributed by atoms with Crippen LogP contribution in [0.3, 0.4) is 0 Å². The number of rotatable bonds is 5. The third-order valence-electron chi connectivity index (χ3n) is 9.91. The Labute approximate surface area is 175 Å². The van der Waals surface area contributed by atoms with Gasteiger partial charge in [-0.3, -0.25) is 0 Å². The van der Waals surface area contributed by atoms with Crippen LogP contribution in [0.5, 0.6) is 0 Å². The Morgan fingerprint density at radius 2 is 1.82 bits per heavy atom. The van der Waals surface area contributed by atoms with Crippen molar-refractivity contribution < 1.29 is 0 Å². The van der Waals surface area contributed by atoms with Crippen LogP contribution < -0.4 is 0 Å². The van der Waals surface area contributed by atoms with E-state index in [1.165, 1.54) is 70.6 Å². The lowest BCUT2D eigenvalue weighted by Gasteiger charge is -2.52. The second-order valence-corrected chi connectivity index (χ2v) is 12.2. The molecule has 0 heterocycles. The molecule has 0 amide bonds. The lowest BCUT2D eigenvalue weighted by molar-refractivity contribution is 0.0946. The molecular formula is C28H46. The minimum atomic E-state index is 0.433. The van der Waals surface area contributed by atoms with E-state index in [0.717, 1.165) is 29.6 Å². The van der Waals surface area contributed by atoms with Gasteiger partial charge in [-0.2, -0.15) is 0 Å². The summed E-state index contributed by atoms with van der Waals surface area (Å²) in [5.74, 6) is 4.53. The monoisotopic (exact) mass is 382 g/mol. The van der Waals surface area contributed by atoms with Crippen molar-refractivity contribution in [2.24, 2.45) is 40.4 Å². The quantitative estimate of drug-likeness (QED) is 0.417. The van der Waals surface area contributed by atoms with Gasteiger partial charge in [-0.25, -0.2) is 0 Å². The van der Waals surface area contributed by atoms with Gasteiger partial charge in [-0.1, -0.05) is 83.6 Å². The molecule has 0 aromatic heterocycles. The van der Waals surface area contributed by atoms with Gasteiger partial charge in [0.05, 0.1) is 0 Å². The van der Waals surface area contributed by atoms with Crippen molar-refractivity contribution in [3.05, 3.63) is 22.8 Å². The molecule has 6 unspecified atom stereocenters. The van der Waals surface area contributed by atoms with Crippen molar-refractivity contribution in [3.63, 3.8) is 0 Å². The van der Waals surface area contributed by atoms with Gasteiger partial charge in [0.25, 0.3) is 0 Å². The van der Waals surface area contributed by atoms with Gasteiger partial charge in [0.2, 0.25) is 0 Å². The van der Waals surface area contributed by atoms with E-state index in [-0.39, 0.29) is 0 Å². The van der Waals surface area contributed by atoms with Crippen LogP contribution in [0.25, 0.3) is 0 Å². The topological polar surface area (TPSA) is 0 Å². The molecule has 4 aliphatic carbocycles. The van der Waals surface area contributed by atoms with Gasteiger partial charge < -0.3 is 0 Å². The van der Waals surface area contributed by atoms with Crippen LogP contribution in [0.15, 0.2) is 22.8 Å². The van der Waals surface area contributed by atoms with Crippen LogP contribution in [0, 0.1) is 40.4 Å². The summed E-state index contributed by atoms with van der Waals surface area (Å²) in [5.41, 5.74) is 6.67. The third-order valence-corrected chi connectivity index (χ3v) is 9.91. The standard InChI is InChI=1S/C28H46/c1-19(2)8-7-9-21(4)24-12-13-25-23-11-10-22-18-20(3)14-16-27(22,5)26(23)15-17-28(24,25)6/h10,19-21,24-25H,7-9,11-18H2,1-6H3. The summed E-state index contributed by atoms with van der Waals surface area (Å²) < 4.78 is 0. The summed E-state index contributed by atoms with van der Waals surface area (Å²) in [6, 6.07) is 0. The molecule has 0 radical (unpaired) electrons. The maximum Gasteiger partial charge on any atom is 0.00954 e. The first-order valence-electron chi connectivity index (χ1n) is 12.7. The minimum absolute atomic E-state index is 0.433. The van der Waals surface area contributed by atoms with Crippen molar-refractivity contribution >= 4 is 0 Å². The number of hydrogen-bond acceptors (Lipinski definition) is 0. The molecule has 28 heavy (non-hydrogen) atoms. The van der Waals surface area contributed by atoms with Crippen LogP contribution in [0.2, 0.25) is 0 Å². The van der Waals surface area contributed by atoms with Gasteiger partial charge in [-0.15, -0.1) is 0 Å². The first-order chi connectivity index (χ1) is 13.3. The van der Waals surface area contributed by atoms with Crippen molar-refractivity contribution in [3.8, 4) is 0 Å². The fourth-order valence-corrected chi connectivity index (χ4v) is 8.13.